The third kappa shape index (κ3) is 3.33. The van der Waals surface area contributed by atoms with Gasteiger partial charge in [-0.05, 0) is 37.8 Å². The van der Waals surface area contributed by atoms with Crippen LogP contribution in [0.5, 0.6) is 11.5 Å². The number of rotatable bonds is 5. The van der Waals surface area contributed by atoms with Crippen LogP contribution in [0.15, 0.2) is 18.2 Å². The van der Waals surface area contributed by atoms with E-state index in [0.29, 0.717) is 0 Å². The summed E-state index contributed by atoms with van der Waals surface area (Å²) in [5.74, 6) is -1.57. The standard InChI is InChI=1S/C13H14F2O4/c14-13(15)19-10-7-3-6-9(12(16)17)11(10)18-8-4-1-2-5-8/h3,6-8,13H,1-2,4-5H2,(H,16,17). The average Bonchev–Trinajstić information content (AvgIpc) is 2.83. The molecular formula is C13H14F2O4. The van der Waals surface area contributed by atoms with Gasteiger partial charge in [-0.2, -0.15) is 8.78 Å². The van der Waals surface area contributed by atoms with E-state index in [1.807, 2.05) is 0 Å². The van der Waals surface area contributed by atoms with Crippen molar-refractivity contribution in [1.29, 1.82) is 0 Å². The summed E-state index contributed by atoms with van der Waals surface area (Å²) in [6.45, 7) is -3.02. The molecule has 1 fully saturated rings. The minimum Gasteiger partial charge on any atom is -0.486 e. The van der Waals surface area contributed by atoms with E-state index in [-0.39, 0.29) is 23.2 Å². The maximum Gasteiger partial charge on any atom is 0.387 e. The van der Waals surface area contributed by atoms with Gasteiger partial charge < -0.3 is 14.6 Å². The minimum atomic E-state index is -3.02. The summed E-state index contributed by atoms with van der Waals surface area (Å²) in [4.78, 5) is 11.1. The number of ether oxygens (including phenoxy) is 2. The van der Waals surface area contributed by atoms with Gasteiger partial charge in [0.25, 0.3) is 0 Å². The smallest absolute Gasteiger partial charge is 0.387 e. The first-order valence-electron chi connectivity index (χ1n) is 6.05. The fraction of sp³-hybridized carbons (Fsp3) is 0.462. The van der Waals surface area contributed by atoms with E-state index >= 15 is 0 Å². The van der Waals surface area contributed by atoms with Crippen LogP contribution in [-0.2, 0) is 0 Å². The Bertz CT molecular complexity index is 456. The van der Waals surface area contributed by atoms with E-state index in [9.17, 15) is 13.6 Å². The van der Waals surface area contributed by atoms with Gasteiger partial charge in [-0.15, -0.1) is 0 Å². The van der Waals surface area contributed by atoms with E-state index in [4.69, 9.17) is 9.84 Å². The molecule has 0 aromatic heterocycles. The molecule has 0 unspecified atom stereocenters. The molecule has 0 heterocycles. The predicted octanol–water partition coefficient (Wildman–Crippen LogP) is 3.31. The van der Waals surface area contributed by atoms with Crippen LogP contribution in [0.3, 0.4) is 0 Å². The van der Waals surface area contributed by atoms with Crippen molar-refractivity contribution >= 4 is 5.97 Å². The number of carboxylic acid groups (broad SMARTS) is 1. The first kappa shape index (κ1) is 13.6. The number of carbonyl (C=O) groups is 1. The summed E-state index contributed by atoms with van der Waals surface area (Å²) in [6.07, 6.45) is 3.43. The van der Waals surface area contributed by atoms with E-state index in [1.54, 1.807) is 0 Å². The van der Waals surface area contributed by atoms with Crippen LogP contribution in [0, 0.1) is 0 Å². The molecule has 0 radical (unpaired) electrons. The number of para-hydroxylation sites is 1. The maximum atomic E-state index is 12.3. The molecule has 0 amide bonds. The molecule has 1 aliphatic rings. The highest BCUT2D eigenvalue weighted by Crippen LogP contribution is 2.35. The van der Waals surface area contributed by atoms with Crippen LogP contribution in [0.25, 0.3) is 0 Å². The summed E-state index contributed by atoms with van der Waals surface area (Å²) in [5.41, 5.74) is -0.162. The highest BCUT2D eigenvalue weighted by molar-refractivity contribution is 5.92. The Hall–Kier alpha value is -1.85. The monoisotopic (exact) mass is 272 g/mol. The van der Waals surface area contributed by atoms with Crippen molar-refractivity contribution in [3.8, 4) is 11.5 Å². The van der Waals surface area contributed by atoms with Crippen molar-refractivity contribution in [2.75, 3.05) is 0 Å². The Labute approximate surface area is 108 Å². The van der Waals surface area contributed by atoms with Crippen molar-refractivity contribution in [2.24, 2.45) is 0 Å². The van der Waals surface area contributed by atoms with Gasteiger partial charge in [0, 0.05) is 0 Å². The Morgan fingerprint density at radius 1 is 1.32 bits per heavy atom. The van der Waals surface area contributed by atoms with Gasteiger partial charge in [-0.25, -0.2) is 4.79 Å². The molecular weight excluding hydrogens is 258 g/mol. The highest BCUT2D eigenvalue weighted by Gasteiger charge is 2.24. The molecule has 1 aromatic carbocycles. The molecule has 0 saturated heterocycles. The topological polar surface area (TPSA) is 55.8 Å². The van der Waals surface area contributed by atoms with Crippen LogP contribution in [0.1, 0.15) is 36.0 Å². The Kier molecular flexibility index (Phi) is 4.19. The Balaban J connectivity index is 2.30. The molecule has 19 heavy (non-hydrogen) atoms. The summed E-state index contributed by atoms with van der Waals surface area (Å²) < 4.78 is 34.5. The predicted molar refractivity (Wildman–Crippen MR) is 62.9 cm³/mol. The van der Waals surface area contributed by atoms with Crippen LogP contribution < -0.4 is 9.47 Å². The largest absolute Gasteiger partial charge is 0.486 e. The molecule has 104 valence electrons. The van der Waals surface area contributed by atoms with Crippen molar-refractivity contribution in [3.63, 3.8) is 0 Å². The number of aromatic carboxylic acids is 1. The second-order valence-corrected chi connectivity index (χ2v) is 4.34. The van der Waals surface area contributed by atoms with Gasteiger partial charge in [0.05, 0.1) is 6.10 Å². The van der Waals surface area contributed by atoms with Gasteiger partial charge in [0.15, 0.2) is 11.5 Å². The van der Waals surface area contributed by atoms with E-state index < -0.39 is 12.6 Å². The molecule has 6 heteroatoms. The molecule has 1 aromatic rings. The normalized spacial score (nSPS) is 15.7. The molecule has 0 aliphatic heterocycles. The van der Waals surface area contributed by atoms with Crippen molar-refractivity contribution in [1.82, 2.24) is 0 Å². The third-order valence-corrected chi connectivity index (χ3v) is 3.01. The molecule has 0 spiro atoms. The molecule has 2 rings (SSSR count). The summed E-state index contributed by atoms with van der Waals surface area (Å²) in [6, 6.07) is 3.94. The maximum absolute atomic E-state index is 12.3. The lowest BCUT2D eigenvalue weighted by atomic mass is 10.2. The van der Waals surface area contributed by atoms with Crippen LogP contribution >= 0.6 is 0 Å². The number of alkyl halides is 2. The van der Waals surface area contributed by atoms with Crippen LogP contribution in [-0.4, -0.2) is 23.8 Å². The molecule has 4 nitrogen and oxygen atoms in total. The van der Waals surface area contributed by atoms with Gasteiger partial charge in [0.1, 0.15) is 5.56 Å². The number of carboxylic acids is 1. The summed E-state index contributed by atoms with van der Waals surface area (Å²) >= 11 is 0. The number of hydrogen-bond donors (Lipinski definition) is 1. The van der Waals surface area contributed by atoms with Gasteiger partial charge in [0.2, 0.25) is 0 Å². The quantitative estimate of drug-likeness (QED) is 0.893. The summed E-state index contributed by atoms with van der Waals surface area (Å²) in [7, 11) is 0. The Morgan fingerprint density at radius 2 is 2.00 bits per heavy atom. The number of hydrogen-bond acceptors (Lipinski definition) is 3. The Morgan fingerprint density at radius 3 is 2.58 bits per heavy atom. The fourth-order valence-corrected chi connectivity index (χ4v) is 2.17. The first-order valence-corrected chi connectivity index (χ1v) is 6.05. The first-order chi connectivity index (χ1) is 9.08. The zero-order valence-electron chi connectivity index (χ0n) is 10.1. The molecule has 0 bridgehead atoms. The average molecular weight is 272 g/mol. The lowest BCUT2D eigenvalue weighted by Gasteiger charge is -2.18. The van der Waals surface area contributed by atoms with Crippen LogP contribution in [0.2, 0.25) is 0 Å². The molecule has 0 atom stereocenters. The minimum absolute atomic E-state index is 0.109. The number of benzene rings is 1. The van der Waals surface area contributed by atoms with E-state index in [1.165, 1.54) is 18.2 Å². The highest BCUT2D eigenvalue weighted by atomic mass is 19.3. The van der Waals surface area contributed by atoms with Crippen LogP contribution in [0.4, 0.5) is 8.78 Å². The summed E-state index contributed by atoms with van der Waals surface area (Å²) in [5, 5.41) is 9.08. The zero-order valence-corrected chi connectivity index (χ0v) is 10.1. The third-order valence-electron chi connectivity index (χ3n) is 3.01. The fourth-order valence-electron chi connectivity index (χ4n) is 2.17. The second-order valence-electron chi connectivity index (χ2n) is 4.34. The van der Waals surface area contributed by atoms with Gasteiger partial charge >= 0.3 is 12.6 Å². The molecule has 1 aliphatic carbocycles. The van der Waals surface area contributed by atoms with Crippen molar-refractivity contribution in [3.05, 3.63) is 23.8 Å². The van der Waals surface area contributed by atoms with Crippen molar-refractivity contribution in [2.45, 2.75) is 38.4 Å². The molecule has 1 saturated carbocycles. The van der Waals surface area contributed by atoms with E-state index in [2.05, 4.69) is 4.74 Å². The van der Waals surface area contributed by atoms with Crippen molar-refractivity contribution < 1.29 is 28.2 Å². The van der Waals surface area contributed by atoms with Gasteiger partial charge in [-0.3, -0.25) is 0 Å². The van der Waals surface area contributed by atoms with E-state index in [0.717, 1.165) is 25.7 Å². The van der Waals surface area contributed by atoms with Gasteiger partial charge in [-0.1, -0.05) is 6.07 Å². The SMILES string of the molecule is O=C(O)c1cccc(OC(F)F)c1OC1CCCC1. The lowest BCUT2D eigenvalue weighted by molar-refractivity contribution is -0.0521. The lowest BCUT2D eigenvalue weighted by Crippen LogP contribution is -2.15. The number of halogens is 2. The second kappa shape index (κ2) is 5.86. The zero-order chi connectivity index (χ0) is 13.8. The molecule has 1 N–H and O–H groups in total.